The molecule has 0 aliphatic carbocycles. The normalized spacial score (nSPS) is 12.2. The standard InChI is InChI=1S/C14H20N2O2/c1-12(11-17-3)16(2)7-8-18-14-6-4-5-13(9-14)10-15/h4-6,9,12H,7-8,11H2,1-3H3. The molecule has 1 aromatic carbocycles. The van der Waals surface area contributed by atoms with Gasteiger partial charge in [0.2, 0.25) is 0 Å². The predicted molar refractivity (Wildman–Crippen MR) is 70.6 cm³/mol. The molecule has 0 aromatic heterocycles. The molecule has 0 aliphatic rings. The molecular formula is C14H20N2O2. The van der Waals surface area contributed by atoms with Gasteiger partial charge in [0.05, 0.1) is 18.2 Å². The van der Waals surface area contributed by atoms with Crippen molar-refractivity contribution in [1.29, 1.82) is 5.26 Å². The van der Waals surface area contributed by atoms with Crippen molar-refractivity contribution in [2.75, 3.05) is 33.9 Å². The fraction of sp³-hybridized carbons (Fsp3) is 0.500. The molecule has 98 valence electrons. The first kappa shape index (κ1) is 14.5. The second-order valence-corrected chi connectivity index (χ2v) is 4.27. The molecule has 4 heteroatoms. The Morgan fingerprint density at radius 1 is 1.44 bits per heavy atom. The van der Waals surface area contributed by atoms with Crippen LogP contribution in [0.3, 0.4) is 0 Å². The van der Waals surface area contributed by atoms with E-state index in [2.05, 4.69) is 17.9 Å². The van der Waals surface area contributed by atoms with Gasteiger partial charge < -0.3 is 9.47 Å². The maximum absolute atomic E-state index is 8.78. The molecule has 0 aliphatic heterocycles. The summed E-state index contributed by atoms with van der Waals surface area (Å²) in [4.78, 5) is 2.18. The lowest BCUT2D eigenvalue weighted by Crippen LogP contribution is -2.35. The van der Waals surface area contributed by atoms with Crippen molar-refractivity contribution in [2.45, 2.75) is 13.0 Å². The van der Waals surface area contributed by atoms with Gasteiger partial charge in [0.1, 0.15) is 12.4 Å². The molecule has 4 nitrogen and oxygen atoms in total. The third-order valence-electron chi connectivity index (χ3n) is 2.84. The highest BCUT2D eigenvalue weighted by Crippen LogP contribution is 2.12. The van der Waals surface area contributed by atoms with Crippen LogP contribution in [-0.4, -0.2) is 44.9 Å². The third-order valence-corrected chi connectivity index (χ3v) is 2.84. The Balaban J connectivity index is 2.35. The lowest BCUT2D eigenvalue weighted by Gasteiger charge is -2.23. The first-order valence-corrected chi connectivity index (χ1v) is 5.99. The molecule has 0 N–H and O–H groups in total. The van der Waals surface area contributed by atoms with Gasteiger partial charge in [-0.15, -0.1) is 0 Å². The molecule has 18 heavy (non-hydrogen) atoms. The third kappa shape index (κ3) is 4.74. The number of rotatable bonds is 7. The summed E-state index contributed by atoms with van der Waals surface area (Å²) < 4.78 is 10.7. The summed E-state index contributed by atoms with van der Waals surface area (Å²) in [6.07, 6.45) is 0. The van der Waals surface area contributed by atoms with Gasteiger partial charge in [0, 0.05) is 19.7 Å². The van der Waals surface area contributed by atoms with Gasteiger partial charge in [0.15, 0.2) is 0 Å². The van der Waals surface area contributed by atoms with Crippen molar-refractivity contribution in [1.82, 2.24) is 4.90 Å². The molecule has 0 spiro atoms. The van der Waals surface area contributed by atoms with E-state index in [0.717, 1.165) is 12.3 Å². The Morgan fingerprint density at radius 2 is 2.22 bits per heavy atom. The molecule has 1 unspecified atom stereocenters. The number of benzene rings is 1. The number of methoxy groups -OCH3 is 1. The number of hydrogen-bond acceptors (Lipinski definition) is 4. The second kappa shape index (κ2) is 7.70. The molecule has 0 bridgehead atoms. The molecule has 1 atom stereocenters. The summed E-state index contributed by atoms with van der Waals surface area (Å²) in [5.74, 6) is 0.738. The topological polar surface area (TPSA) is 45.5 Å². The largest absolute Gasteiger partial charge is 0.492 e. The average molecular weight is 248 g/mol. The summed E-state index contributed by atoms with van der Waals surface area (Å²) in [7, 11) is 3.74. The molecular weight excluding hydrogens is 228 g/mol. The van der Waals surface area contributed by atoms with E-state index in [9.17, 15) is 0 Å². The minimum Gasteiger partial charge on any atom is -0.492 e. The van der Waals surface area contributed by atoms with Crippen LogP contribution in [0.2, 0.25) is 0 Å². The van der Waals surface area contributed by atoms with Crippen LogP contribution in [0.25, 0.3) is 0 Å². The van der Waals surface area contributed by atoms with Gasteiger partial charge in [-0.3, -0.25) is 4.90 Å². The van der Waals surface area contributed by atoms with Crippen LogP contribution in [0.5, 0.6) is 5.75 Å². The molecule has 0 amide bonds. The fourth-order valence-corrected chi connectivity index (χ4v) is 1.55. The zero-order chi connectivity index (χ0) is 13.4. The molecule has 0 saturated heterocycles. The quantitative estimate of drug-likeness (QED) is 0.739. The van der Waals surface area contributed by atoms with E-state index in [4.69, 9.17) is 14.7 Å². The van der Waals surface area contributed by atoms with E-state index < -0.39 is 0 Å². The van der Waals surface area contributed by atoms with Gasteiger partial charge >= 0.3 is 0 Å². The first-order chi connectivity index (χ1) is 8.67. The van der Waals surface area contributed by atoms with Crippen molar-refractivity contribution >= 4 is 0 Å². The Kier molecular flexibility index (Phi) is 6.20. The second-order valence-electron chi connectivity index (χ2n) is 4.27. The number of nitrogens with zero attached hydrogens (tertiary/aromatic N) is 2. The first-order valence-electron chi connectivity index (χ1n) is 5.99. The Morgan fingerprint density at radius 3 is 2.89 bits per heavy atom. The van der Waals surface area contributed by atoms with Gasteiger partial charge in [-0.25, -0.2) is 0 Å². The zero-order valence-electron chi connectivity index (χ0n) is 11.2. The van der Waals surface area contributed by atoms with Crippen LogP contribution in [0.15, 0.2) is 24.3 Å². The minimum absolute atomic E-state index is 0.365. The monoisotopic (exact) mass is 248 g/mol. The smallest absolute Gasteiger partial charge is 0.120 e. The highest BCUT2D eigenvalue weighted by atomic mass is 16.5. The maximum Gasteiger partial charge on any atom is 0.120 e. The summed E-state index contributed by atoms with van der Waals surface area (Å²) >= 11 is 0. The van der Waals surface area contributed by atoms with Crippen LogP contribution >= 0.6 is 0 Å². The number of hydrogen-bond donors (Lipinski definition) is 0. The fourth-order valence-electron chi connectivity index (χ4n) is 1.55. The summed E-state index contributed by atoms with van der Waals surface area (Å²) in [5.41, 5.74) is 0.619. The van der Waals surface area contributed by atoms with Gasteiger partial charge in [-0.2, -0.15) is 5.26 Å². The summed E-state index contributed by atoms with van der Waals surface area (Å²) in [5, 5.41) is 8.78. The Hall–Kier alpha value is -1.57. The van der Waals surface area contributed by atoms with Crippen LogP contribution in [0.1, 0.15) is 12.5 Å². The molecule has 0 fully saturated rings. The zero-order valence-corrected chi connectivity index (χ0v) is 11.2. The van der Waals surface area contributed by atoms with Gasteiger partial charge in [0.25, 0.3) is 0 Å². The van der Waals surface area contributed by atoms with Crippen LogP contribution < -0.4 is 4.74 Å². The maximum atomic E-state index is 8.78. The Labute approximate surface area is 109 Å². The van der Waals surface area contributed by atoms with E-state index in [1.807, 2.05) is 19.2 Å². The van der Waals surface area contributed by atoms with E-state index in [-0.39, 0.29) is 0 Å². The van der Waals surface area contributed by atoms with E-state index in [1.54, 1.807) is 19.2 Å². The van der Waals surface area contributed by atoms with Crippen LogP contribution in [0, 0.1) is 11.3 Å². The SMILES string of the molecule is COCC(C)N(C)CCOc1cccc(C#N)c1. The van der Waals surface area contributed by atoms with Crippen molar-refractivity contribution < 1.29 is 9.47 Å². The lowest BCUT2D eigenvalue weighted by molar-refractivity contribution is 0.105. The van der Waals surface area contributed by atoms with Crippen molar-refractivity contribution in [3.63, 3.8) is 0 Å². The summed E-state index contributed by atoms with van der Waals surface area (Å²) in [6.45, 7) is 4.24. The molecule has 1 rings (SSSR count). The van der Waals surface area contributed by atoms with E-state index in [1.165, 1.54) is 0 Å². The van der Waals surface area contributed by atoms with Gasteiger partial charge in [-0.05, 0) is 32.2 Å². The van der Waals surface area contributed by atoms with Gasteiger partial charge in [-0.1, -0.05) is 6.07 Å². The van der Waals surface area contributed by atoms with Crippen molar-refractivity contribution in [3.8, 4) is 11.8 Å². The number of ether oxygens (including phenoxy) is 2. The molecule has 0 heterocycles. The number of likely N-dealkylation sites (N-methyl/N-ethyl adjacent to an activating group) is 1. The predicted octanol–water partition coefficient (Wildman–Crippen LogP) is 1.90. The lowest BCUT2D eigenvalue weighted by atomic mass is 10.2. The van der Waals surface area contributed by atoms with E-state index >= 15 is 0 Å². The average Bonchev–Trinajstić information content (AvgIpc) is 2.39. The Bertz CT molecular complexity index is 401. The summed E-state index contributed by atoms with van der Waals surface area (Å²) in [6, 6.07) is 9.66. The molecule has 0 saturated carbocycles. The number of nitriles is 1. The van der Waals surface area contributed by atoms with Crippen LogP contribution in [0.4, 0.5) is 0 Å². The molecule has 0 radical (unpaired) electrons. The highest BCUT2D eigenvalue weighted by Gasteiger charge is 2.08. The highest BCUT2D eigenvalue weighted by molar-refractivity contribution is 5.36. The van der Waals surface area contributed by atoms with Crippen molar-refractivity contribution in [3.05, 3.63) is 29.8 Å². The van der Waals surface area contributed by atoms with E-state index in [0.29, 0.717) is 24.8 Å². The minimum atomic E-state index is 0.365. The molecule has 1 aromatic rings. The van der Waals surface area contributed by atoms with Crippen LogP contribution in [-0.2, 0) is 4.74 Å². The van der Waals surface area contributed by atoms with Crippen molar-refractivity contribution in [2.24, 2.45) is 0 Å².